The van der Waals surface area contributed by atoms with Crippen molar-refractivity contribution in [1.82, 2.24) is 0 Å². The number of carbonyl (C=O) groups is 2. The van der Waals surface area contributed by atoms with Gasteiger partial charge in [-0.1, -0.05) is 12.1 Å². The number of aliphatic carboxylic acids is 1. The first-order chi connectivity index (χ1) is 13.3. The van der Waals surface area contributed by atoms with Crippen LogP contribution in [0.1, 0.15) is 11.1 Å². The van der Waals surface area contributed by atoms with E-state index in [0.29, 0.717) is 15.7 Å². The van der Waals surface area contributed by atoms with Gasteiger partial charge in [0, 0.05) is 5.69 Å². The van der Waals surface area contributed by atoms with Gasteiger partial charge in [-0.2, -0.15) is 5.26 Å². The average molecular weight is 444 g/mol. The highest BCUT2D eigenvalue weighted by Crippen LogP contribution is 2.37. The Morgan fingerprint density at radius 3 is 2.68 bits per heavy atom. The molecule has 1 amide bonds. The minimum atomic E-state index is -1.38. The number of hydrogen-bond donors (Lipinski definition) is 1. The van der Waals surface area contributed by atoms with Crippen molar-refractivity contribution in [3.63, 3.8) is 0 Å². The number of aryl methyl sites for hydroxylation is 1. The van der Waals surface area contributed by atoms with Crippen LogP contribution in [0.3, 0.4) is 0 Å². The summed E-state index contributed by atoms with van der Waals surface area (Å²) in [4.78, 5) is 23.0. The van der Waals surface area contributed by atoms with E-state index >= 15 is 0 Å². The van der Waals surface area contributed by atoms with E-state index in [-0.39, 0.29) is 17.1 Å². The van der Waals surface area contributed by atoms with Crippen LogP contribution >= 0.6 is 15.9 Å². The van der Waals surface area contributed by atoms with Crippen LogP contribution in [-0.4, -0.2) is 25.6 Å². The number of hydrogen-bond acceptors (Lipinski definition) is 6. The number of nitriles is 1. The summed E-state index contributed by atoms with van der Waals surface area (Å²) < 4.78 is 10.7. The van der Waals surface area contributed by atoms with Gasteiger partial charge in [0.2, 0.25) is 0 Å². The van der Waals surface area contributed by atoms with Crippen molar-refractivity contribution in [2.75, 3.05) is 19.0 Å². The normalized spacial score (nSPS) is 10.7. The highest BCUT2D eigenvalue weighted by molar-refractivity contribution is 9.10. The van der Waals surface area contributed by atoms with Gasteiger partial charge < -0.3 is 24.7 Å². The molecule has 0 aliphatic carbocycles. The number of anilines is 1. The van der Waals surface area contributed by atoms with E-state index in [0.717, 1.165) is 5.56 Å². The van der Waals surface area contributed by atoms with Crippen molar-refractivity contribution >= 4 is 39.6 Å². The zero-order valence-corrected chi connectivity index (χ0v) is 16.7. The molecule has 0 aliphatic rings. The molecule has 0 unspecified atom stereocenters. The Morgan fingerprint density at radius 1 is 1.32 bits per heavy atom. The predicted octanol–water partition coefficient (Wildman–Crippen LogP) is 2.44. The SMILES string of the molecule is COc1cc(/C=C(\C#N)C(=O)Nc2cccc(C)c2)cc(Br)c1OCC(=O)[O-]. The molecule has 0 heterocycles. The first kappa shape index (κ1) is 21.0. The summed E-state index contributed by atoms with van der Waals surface area (Å²) in [5, 5.41) is 22.6. The maximum Gasteiger partial charge on any atom is 0.266 e. The average Bonchev–Trinajstić information content (AvgIpc) is 2.64. The van der Waals surface area contributed by atoms with E-state index in [1.54, 1.807) is 24.3 Å². The first-order valence-electron chi connectivity index (χ1n) is 8.04. The molecular weight excluding hydrogens is 428 g/mol. The quantitative estimate of drug-likeness (QED) is 0.519. The van der Waals surface area contributed by atoms with Gasteiger partial charge in [-0.25, -0.2) is 0 Å². The summed E-state index contributed by atoms with van der Waals surface area (Å²) in [6.07, 6.45) is 1.39. The lowest BCUT2D eigenvalue weighted by Gasteiger charge is -2.14. The number of rotatable bonds is 7. The smallest absolute Gasteiger partial charge is 0.266 e. The Balaban J connectivity index is 2.30. The van der Waals surface area contributed by atoms with E-state index in [9.17, 15) is 20.0 Å². The van der Waals surface area contributed by atoms with Crippen molar-refractivity contribution < 1.29 is 24.2 Å². The lowest BCUT2D eigenvalue weighted by atomic mass is 10.1. The summed E-state index contributed by atoms with van der Waals surface area (Å²) in [6, 6.07) is 12.2. The molecule has 0 aromatic heterocycles. The number of halogens is 1. The van der Waals surface area contributed by atoms with Crippen molar-refractivity contribution in [3.8, 4) is 17.6 Å². The van der Waals surface area contributed by atoms with Gasteiger partial charge in [-0.15, -0.1) is 0 Å². The molecule has 28 heavy (non-hydrogen) atoms. The maximum absolute atomic E-state index is 12.4. The van der Waals surface area contributed by atoms with E-state index < -0.39 is 18.5 Å². The molecule has 7 nitrogen and oxygen atoms in total. The lowest BCUT2D eigenvalue weighted by Crippen LogP contribution is -2.29. The van der Waals surface area contributed by atoms with Crippen molar-refractivity contribution in [3.05, 3.63) is 57.6 Å². The highest BCUT2D eigenvalue weighted by Gasteiger charge is 2.14. The van der Waals surface area contributed by atoms with Gasteiger partial charge in [0.15, 0.2) is 11.5 Å². The molecule has 0 aliphatic heterocycles. The van der Waals surface area contributed by atoms with E-state index in [1.807, 2.05) is 19.1 Å². The van der Waals surface area contributed by atoms with E-state index in [4.69, 9.17) is 9.47 Å². The van der Waals surface area contributed by atoms with Gasteiger partial charge in [-0.3, -0.25) is 4.79 Å². The minimum absolute atomic E-state index is 0.112. The standard InChI is InChI=1S/C20H17BrN2O5/c1-12-4-3-5-15(6-12)23-20(26)14(10-22)7-13-8-16(21)19(17(9-13)27-2)28-11-18(24)25/h3-9H,11H2,1-2H3,(H,23,26)(H,24,25)/p-1/b14-7+. The van der Waals surface area contributed by atoms with Gasteiger partial charge >= 0.3 is 0 Å². The van der Waals surface area contributed by atoms with Crippen LogP contribution in [0.15, 0.2) is 46.4 Å². The van der Waals surface area contributed by atoms with Crippen LogP contribution in [-0.2, 0) is 9.59 Å². The van der Waals surface area contributed by atoms with E-state index in [2.05, 4.69) is 21.2 Å². The Morgan fingerprint density at radius 2 is 2.07 bits per heavy atom. The second kappa shape index (κ2) is 9.58. The number of methoxy groups -OCH3 is 1. The molecule has 0 atom stereocenters. The van der Waals surface area contributed by atoms with Crippen LogP contribution < -0.4 is 19.9 Å². The third-order valence-electron chi connectivity index (χ3n) is 3.54. The van der Waals surface area contributed by atoms with Crippen LogP contribution in [0.2, 0.25) is 0 Å². The zero-order chi connectivity index (χ0) is 20.7. The number of ether oxygens (including phenoxy) is 2. The summed E-state index contributed by atoms with van der Waals surface area (Å²) in [6.45, 7) is 1.25. The van der Waals surface area contributed by atoms with Gasteiger partial charge in [-0.05, 0) is 64.3 Å². The number of benzene rings is 2. The zero-order valence-electron chi connectivity index (χ0n) is 15.1. The number of amides is 1. The summed E-state index contributed by atoms with van der Waals surface area (Å²) >= 11 is 3.27. The molecule has 2 rings (SSSR count). The Kier molecular flexibility index (Phi) is 7.18. The molecule has 0 bridgehead atoms. The highest BCUT2D eigenvalue weighted by atomic mass is 79.9. The molecule has 8 heteroatoms. The predicted molar refractivity (Wildman–Crippen MR) is 105 cm³/mol. The molecule has 0 spiro atoms. The molecule has 144 valence electrons. The molecule has 0 radical (unpaired) electrons. The largest absolute Gasteiger partial charge is 0.546 e. The van der Waals surface area contributed by atoms with Crippen LogP contribution in [0.25, 0.3) is 6.08 Å². The number of carbonyl (C=O) groups excluding carboxylic acids is 2. The second-order valence-electron chi connectivity index (χ2n) is 5.69. The third kappa shape index (κ3) is 5.59. The molecule has 0 saturated carbocycles. The van der Waals surface area contributed by atoms with Crippen molar-refractivity contribution in [2.45, 2.75) is 6.92 Å². The molecule has 2 aromatic carbocycles. The molecule has 1 N–H and O–H groups in total. The number of nitrogens with zero attached hydrogens (tertiary/aromatic N) is 1. The number of carboxylic acid groups (broad SMARTS) is 1. The minimum Gasteiger partial charge on any atom is -0.546 e. The third-order valence-corrected chi connectivity index (χ3v) is 4.13. The molecule has 2 aromatic rings. The summed E-state index contributed by atoms with van der Waals surface area (Å²) in [5.41, 5.74) is 1.93. The number of nitrogens with one attached hydrogen (secondary N) is 1. The summed E-state index contributed by atoms with van der Waals surface area (Å²) in [7, 11) is 1.39. The van der Waals surface area contributed by atoms with Gasteiger partial charge in [0.1, 0.15) is 18.2 Å². The number of carboxylic acids is 1. The van der Waals surface area contributed by atoms with Crippen LogP contribution in [0.4, 0.5) is 5.69 Å². The Hall–Kier alpha value is -3.31. The van der Waals surface area contributed by atoms with Gasteiger partial charge in [0.05, 0.1) is 17.6 Å². The lowest BCUT2D eigenvalue weighted by molar-refractivity contribution is -0.307. The fourth-order valence-electron chi connectivity index (χ4n) is 2.33. The molecular formula is C20H16BrN2O5-. The van der Waals surface area contributed by atoms with Crippen LogP contribution in [0, 0.1) is 18.3 Å². The second-order valence-corrected chi connectivity index (χ2v) is 6.54. The van der Waals surface area contributed by atoms with Crippen molar-refractivity contribution in [2.24, 2.45) is 0 Å². The Labute approximate surface area is 170 Å². The summed E-state index contributed by atoms with van der Waals surface area (Å²) in [5.74, 6) is -1.53. The van der Waals surface area contributed by atoms with Crippen molar-refractivity contribution in [1.29, 1.82) is 5.26 Å². The van der Waals surface area contributed by atoms with E-state index in [1.165, 1.54) is 19.3 Å². The Bertz CT molecular complexity index is 979. The molecule has 0 saturated heterocycles. The van der Waals surface area contributed by atoms with Gasteiger partial charge in [0.25, 0.3) is 5.91 Å². The fourth-order valence-corrected chi connectivity index (χ4v) is 2.90. The monoisotopic (exact) mass is 443 g/mol. The topological polar surface area (TPSA) is 111 Å². The molecule has 0 fully saturated rings. The van der Waals surface area contributed by atoms with Crippen LogP contribution in [0.5, 0.6) is 11.5 Å². The first-order valence-corrected chi connectivity index (χ1v) is 8.83. The maximum atomic E-state index is 12.4. The fraction of sp³-hybridized carbons (Fsp3) is 0.150.